The molecule has 4 heterocycles. The van der Waals surface area contributed by atoms with Gasteiger partial charge in [0, 0.05) is 37.9 Å². The van der Waals surface area contributed by atoms with E-state index in [4.69, 9.17) is 15.7 Å². The van der Waals surface area contributed by atoms with E-state index in [1.165, 1.54) is 0 Å². The second-order valence-corrected chi connectivity index (χ2v) is 8.34. The Hall–Kier alpha value is -2.93. The predicted molar refractivity (Wildman–Crippen MR) is 121 cm³/mol. The van der Waals surface area contributed by atoms with Crippen LogP contribution in [0.15, 0.2) is 41.5 Å². The van der Waals surface area contributed by atoms with Crippen molar-refractivity contribution in [3.63, 3.8) is 0 Å². The lowest BCUT2D eigenvalue weighted by Gasteiger charge is -2.45. The molecular weight excluding hydrogens is 388 g/mol. The molecule has 0 unspecified atom stereocenters. The van der Waals surface area contributed by atoms with Gasteiger partial charge in [-0.3, -0.25) is 19.6 Å². The van der Waals surface area contributed by atoms with Gasteiger partial charge in [-0.2, -0.15) is 0 Å². The monoisotopic (exact) mass is 409 g/mol. The highest BCUT2D eigenvalue weighted by Gasteiger charge is 2.32. The number of fused-ring (bicyclic) bond motifs is 1. The highest BCUT2D eigenvalue weighted by atomic mass is 16.1. The van der Waals surface area contributed by atoms with Crippen molar-refractivity contribution in [2.24, 2.45) is 0 Å². The van der Waals surface area contributed by atoms with Crippen LogP contribution in [0.25, 0.3) is 11.0 Å². The number of H-pyrrole nitrogens is 1. The summed E-state index contributed by atoms with van der Waals surface area (Å²) in [7, 11) is 13.1. The maximum Gasteiger partial charge on any atom is 0.252 e. The minimum atomic E-state index is -1.21. The number of aldehydes is 1. The third kappa shape index (κ3) is 3.78. The normalized spacial score (nSPS) is 17.7. The van der Waals surface area contributed by atoms with Crippen LogP contribution in [0.5, 0.6) is 0 Å². The van der Waals surface area contributed by atoms with Gasteiger partial charge in [-0.1, -0.05) is 0 Å². The SMILES string of the molecule is [B]C([B])(c1cnc2cc(C3CC3)c(=O)[nH]c2c1)N1CCN(c2ccc(C=O)nc2)CC1. The van der Waals surface area contributed by atoms with Gasteiger partial charge in [-0.05, 0) is 53.9 Å². The number of aromatic nitrogens is 3. The number of nitrogens with zero attached hydrogens (tertiary/aromatic N) is 4. The first-order valence-electron chi connectivity index (χ1n) is 10.5. The summed E-state index contributed by atoms with van der Waals surface area (Å²) in [5.41, 5.74) is 4.17. The molecule has 0 aromatic carbocycles. The van der Waals surface area contributed by atoms with E-state index in [2.05, 4.69) is 19.9 Å². The number of carbonyl (C=O) groups is 1. The van der Waals surface area contributed by atoms with Crippen molar-refractivity contribution < 1.29 is 4.79 Å². The zero-order valence-electron chi connectivity index (χ0n) is 17.1. The van der Waals surface area contributed by atoms with Crippen molar-refractivity contribution in [3.8, 4) is 0 Å². The van der Waals surface area contributed by atoms with Gasteiger partial charge in [0.15, 0.2) is 6.29 Å². The van der Waals surface area contributed by atoms with E-state index in [1.807, 2.05) is 23.1 Å². The molecule has 5 rings (SSSR count). The number of hydrogen-bond acceptors (Lipinski definition) is 6. The number of rotatable bonds is 5. The van der Waals surface area contributed by atoms with Gasteiger partial charge in [-0.15, -0.1) is 0 Å². The summed E-state index contributed by atoms with van der Waals surface area (Å²) in [6.07, 6.45) is 6.26. The third-order valence-electron chi connectivity index (χ3n) is 6.26. The van der Waals surface area contributed by atoms with Crippen LogP contribution in [0.1, 0.15) is 40.4 Å². The Bertz CT molecular complexity index is 1180. The molecule has 1 N–H and O–H groups in total. The number of hydrogen-bond donors (Lipinski definition) is 1. The topological polar surface area (TPSA) is 82.2 Å². The van der Waals surface area contributed by atoms with Gasteiger partial charge in [0.2, 0.25) is 0 Å². The fraction of sp³-hybridized carbons (Fsp3) is 0.364. The second kappa shape index (κ2) is 7.64. The number of nitrogens with one attached hydrogen (secondary N) is 1. The summed E-state index contributed by atoms with van der Waals surface area (Å²) in [5.74, 6) is 0.360. The third-order valence-corrected chi connectivity index (χ3v) is 6.26. The van der Waals surface area contributed by atoms with E-state index in [9.17, 15) is 9.59 Å². The first kappa shape index (κ1) is 20.0. The number of piperazine rings is 1. The van der Waals surface area contributed by atoms with E-state index < -0.39 is 5.34 Å². The van der Waals surface area contributed by atoms with Gasteiger partial charge < -0.3 is 14.8 Å². The first-order chi connectivity index (χ1) is 15.0. The van der Waals surface area contributed by atoms with E-state index in [0.29, 0.717) is 35.8 Å². The standard InChI is InChI=1S/C22H21B2N5O2/c23-22(24,29-7-5-28(6-8-29)17-4-3-16(13-30)25-12-17)15-9-20-19(26-11-15)10-18(14-1-2-14)21(31)27-20/h3-4,9-14H,1-2,5-8H2,(H,27,31). The summed E-state index contributed by atoms with van der Waals surface area (Å²) >= 11 is 0. The summed E-state index contributed by atoms with van der Waals surface area (Å²) in [6, 6.07) is 7.31. The van der Waals surface area contributed by atoms with Crippen LogP contribution >= 0.6 is 0 Å². The summed E-state index contributed by atoms with van der Waals surface area (Å²) in [6.45, 7) is 2.75. The minimum absolute atomic E-state index is 0.0589. The van der Waals surface area contributed by atoms with Crippen LogP contribution in [-0.4, -0.2) is 68.0 Å². The average molecular weight is 409 g/mol. The summed E-state index contributed by atoms with van der Waals surface area (Å²) in [4.78, 5) is 39.0. The van der Waals surface area contributed by atoms with Crippen LogP contribution < -0.4 is 10.5 Å². The molecular formula is C22H21B2N5O2. The van der Waals surface area contributed by atoms with E-state index in [0.717, 1.165) is 49.0 Å². The maximum absolute atomic E-state index is 12.4. The molecule has 3 aromatic heterocycles. The molecule has 1 aliphatic carbocycles. The number of pyridine rings is 3. The number of aromatic amines is 1. The van der Waals surface area contributed by atoms with Crippen LogP contribution in [0.2, 0.25) is 0 Å². The molecule has 1 aliphatic heterocycles. The van der Waals surface area contributed by atoms with Crippen LogP contribution in [0.4, 0.5) is 5.69 Å². The Morgan fingerprint density at radius 1 is 1.06 bits per heavy atom. The Morgan fingerprint density at radius 3 is 2.48 bits per heavy atom. The lowest BCUT2D eigenvalue weighted by molar-refractivity contribution is 0.111. The van der Waals surface area contributed by atoms with Gasteiger partial charge in [-0.25, -0.2) is 0 Å². The van der Waals surface area contributed by atoms with Gasteiger partial charge >= 0.3 is 0 Å². The molecule has 31 heavy (non-hydrogen) atoms. The highest BCUT2D eigenvalue weighted by Crippen LogP contribution is 2.38. The van der Waals surface area contributed by atoms with Crippen molar-refractivity contribution in [2.45, 2.75) is 24.1 Å². The van der Waals surface area contributed by atoms with Gasteiger partial charge in [0.1, 0.15) is 5.69 Å². The number of carbonyl (C=O) groups excluding carboxylic acids is 1. The van der Waals surface area contributed by atoms with Crippen molar-refractivity contribution in [1.29, 1.82) is 0 Å². The van der Waals surface area contributed by atoms with Crippen molar-refractivity contribution in [1.82, 2.24) is 19.9 Å². The lowest BCUT2D eigenvalue weighted by atomic mass is 9.57. The van der Waals surface area contributed by atoms with Crippen molar-refractivity contribution in [3.05, 3.63) is 63.8 Å². The molecule has 0 amide bonds. The Balaban J connectivity index is 1.34. The predicted octanol–water partition coefficient (Wildman–Crippen LogP) is 1.28. The quantitative estimate of drug-likeness (QED) is 0.505. The number of anilines is 1. The Labute approximate surface area is 182 Å². The molecule has 3 aromatic rings. The van der Waals surface area contributed by atoms with Crippen molar-refractivity contribution in [2.75, 3.05) is 31.1 Å². The smallest absolute Gasteiger partial charge is 0.252 e. The zero-order chi connectivity index (χ0) is 21.6. The summed E-state index contributed by atoms with van der Waals surface area (Å²) < 4.78 is 0. The van der Waals surface area contributed by atoms with Crippen molar-refractivity contribution >= 4 is 38.7 Å². The Morgan fingerprint density at radius 2 is 1.84 bits per heavy atom. The average Bonchev–Trinajstić information content (AvgIpc) is 3.64. The van der Waals surface area contributed by atoms with Crippen LogP contribution in [0.3, 0.4) is 0 Å². The van der Waals surface area contributed by atoms with E-state index in [1.54, 1.807) is 18.5 Å². The molecule has 7 nitrogen and oxygen atoms in total. The molecule has 2 fully saturated rings. The first-order valence-corrected chi connectivity index (χ1v) is 10.5. The molecule has 9 heteroatoms. The summed E-state index contributed by atoms with van der Waals surface area (Å²) in [5, 5.41) is -1.21. The van der Waals surface area contributed by atoms with Crippen LogP contribution in [0, 0.1) is 0 Å². The lowest BCUT2D eigenvalue weighted by Crippen LogP contribution is -2.56. The van der Waals surface area contributed by atoms with Gasteiger partial charge in [0.05, 0.1) is 38.6 Å². The second-order valence-electron chi connectivity index (χ2n) is 8.34. The fourth-order valence-corrected chi connectivity index (χ4v) is 4.19. The molecule has 4 radical (unpaired) electrons. The molecule has 0 bridgehead atoms. The minimum Gasteiger partial charge on any atom is -0.368 e. The molecule has 0 atom stereocenters. The van der Waals surface area contributed by atoms with E-state index in [-0.39, 0.29) is 5.56 Å². The van der Waals surface area contributed by atoms with Gasteiger partial charge in [0.25, 0.3) is 5.56 Å². The molecule has 0 spiro atoms. The molecule has 152 valence electrons. The zero-order valence-corrected chi connectivity index (χ0v) is 17.1. The molecule has 1 saturated heterocycles. The van der Waals surface area contributed by atoms with E-state index >= 15 is 0 Å². The maximum atomic E-state index is 12.4. The Kier molecular flexibility index (Phi) is 4.93. The fourth-order valence-electron chi connectivity index (χ4n) is 4.19. The molecule has 2 aliphatic rings. The highest BCUT2D eigenvalue weighted by molar-refractivity contribution is 6.39. The molecule has 1 saturated carbocycles. The van der Waals surface area contributed by atoms with Crippen LogP contribution in [-0.2, 0) is 5.34 Å². The largest absolute Gasteiger partial charge is 0.368 e.